The van der Waals surface area contributed by atoms with Gasteiger partial charge in [-0.3, -0.25) is 10.1 Å². The summed E-state index contributed by atoms with van der Waals surface area (Å²) in [6.07, 6.45) is 11.6. The summed E-state index contributed by atoms with van der Waals surface area (Å²) in [6.45, 7) is 4.53. The molecule has 0 unspecified atom stereocenters. The van der Waals surface area contributed by atoms with Gasteiger partial charge >= 0.3 is 6.03 Å². The van der Waals surface area contributed by atoms with Gasteiger partial charge in [-0.1, -0.05) is 33.1 Å². The number of hydrogen-bond acceptors (Lipinski definition) is 2. The van der Waals surface area contributed by atoms with Gasteiger partial charge in [-0.15, -0.1) is 0 Å². The van der Waals surface area contributed by atoms with E-state index >= 15 is 0 Å². The highest BCUT2D eigenvalue weighted by atomic mass is 16.2. The van der Waals surface area contributed by atoms with Crippen molar-refractivity contribution in [2.45, 2.75) is 77.3 Å². The Bertz CT molecular complexity index is 532. The van der Waals surface area contributed by atoms with Crippen LogP contribution in [0.25, 0.3) is 0 Å². The largest absolute Gasteiger partial charge is 0.335 e. The molecule has 0 aliphatic heterocycles. The summed E-state index contributed by atoms with van der Waals surface area (Å²) in [6, 6.07) is 3.96. The lowest BCUT2D eigenvalue weighted by Crippen LogP contribution is -2.49. The molecule has 0 saturated heterocycles. The van der Waals surface area contributed by atoms with Gasteiger partial charge in [0.15, 0.2) is 12.4 Å². The van der Waals surface area contributed by atoms with E-state index in [0.717, 1.165) is 38.5 Å². The Labute approximate surface area is 144 Å². The average molecular weight is 332 g/mol. The van der Waals surface area contributed by atoms with Crippen LogP contribution < -0.4 is 15.2 Å². The fourth-order valence-corrected chi connectivity index (χ4v) is 3.41. The minimum Gasteiger partial charge on any atom is -0.335 e. The number of nitrogens with zero attached hydrogens (tertiary/aromatic N) is 1. The maximum Gasteiger partial charge on any atom is 0.321 e. The van der Waals surface area contributed by atoms with Gasteiger partial charge in [0, 0.05) is 18.2 Å². The van der Waals surface area contributed by atoms with Crippen molar-refractivity contribution >= 4 is 11.9 Å². The maximum atomic E-state index is 12.0. The number of carbonyl (C=O) groups is 2. The highest BCUT2D eigenvalue weighted by Gasteiger charge is 2.18. The zero-order valence-corrected chi connectivity index (χ0v) is 14.9. The number of urea groups is 1. The standard InChI is InChI=1S/C19H29N3O2/c1-3-15(4-2)16-10-12-22(13-11-16)14-18(23)21-19(24)20-17-8-6-5-7-9-17/h10-13,15,17H,3-9,14H2,1-2H3,(H-,20,21,23,24)/p+1. The average Bonchev–Trinajstić information content (AvgIpc) is 2.58. The molecule has 1 aliphatic carbocycles. The van der Waals surface area contributed by atoms with Crippen molar-refractivity contribution in [2.75, 3.05) is 0 Å². The van der Waals surface area contributed by atoms with Gasteiger partial charge in [-0.2, -0.15) is 4.57 Å². The molecule has 24 heavy (non-hydrogen) atoms. The molecule has 5 heteroatoms. The Morgan fingerprint density at radius 1 is 1.12 bits per heavy atom. The Morgan fingerprint density at radius 3 is 2.33 bits per heavy atom. The smallest absolute Gasteiger partial charge is 0.321 e. The fourth-order valence-electron chi connectivity index (χ4n) is 3.41. The summed E-state index contributed by atoms with van der Waals surface area (Å²) in [5.41, 5.74) is 1.30. The highest BCUT2D eigenvalue weighted by Crippen LogP contribution is 2.21. The third-order valence-electron chi connectivity index (χ3n) is 4.89. The number of nitrogens with one attached hydrogen (secondary N) is 2. The van der Waals surface area contributed by atoms with Crippen LogP contribution in [-0.2, 0) is 11.3 Å². The van der Waals surface area contributed by atoms with Crippen molar-refractivity contribution in [1.29, 1.82) is 0 Å². The minimum atomic E-state index is -0.374. The molecule has 0 atom stereocenters. The molecular formula is C19H30N3O2+. The van der Waals surface area contributed by atoms with Gasteiger partial charge in [-0.25, -0.2) is 4.79 Å². The van der Waals surface area contributed by atoms with Crippen LogP contribution in [0, 0.1) is 0 Å². The molecule has 3 amide bonds. The quantitative estimate of drug-likeness (QED) is 0.787. The third kappa shape index (κ3) is 5.62. The molecule has 0 aromatic carbocycles. The van der Waals surface area contributed by atoms with Gasteiger partial charge < -0.3 is 5.32 Å². The summed E-state index contributed by atoms with van der Waals surface area (Å²) >= 11 is 0. The molecule has 0 radical (unpaired) electrons. The molecule has 0 spiro atoms. The van der Waals surface area contributed by atoms with Gasteiger partial charge in [0.25, 0.3) is 5.91 Å². The number of imide groups is 1. The van der Waals surface area contributed by atoms with E-state index < -0.39 is 0 Å². The lowest BCUT2D eigenvalue weighted by Gasteiger charge is -2.22. The maximum absolute atomic E-state index is 12.0. The first-order valence-corrected chi connectivity index (χ1v) is 9.21. The number of hydrogen-bond donors (Lipinski definition) is 2. The van der Waals surface area contributed by atoms with E-state index in [0.29, 0.717) is 5.92 Å². The van der Waals surface area contributed by atoms with Gasteiger partial charge in [0.2, 0.25) is 6.54 Å². The molecule has 2 N–H and O–H groups in total. The molecule has 0 bridgehead atoms. The Balaban J connectivity index is 1.80. The van der Waals surface area contributed by atoms with E-state index in [9.17, 15) is 9.59 Å². The molecule has 1 saturated carbocycles. The monoisotopic (exact) mass is 332 g/mol. The normalized spacial score (nSPS) is 15.3. The lowest BCUT2D eigenvalue weighted by molar-refractivity contribution is -0.684. The van der Waals surface area contributed by atoms with Crippen LogP contribution in [-0.4, -0.2) is 18.0 Å². The number of pyridine rings is 1. The predicted octanol–water partition coefficient (Wildman–Crippen LogP) is 3.04. The summed E-state index contributed by atoms with van der Waals surface area (Å²) in [7, 11) is 0. The van der Waals surface area contributed by atoms with Crippen LogP contribution in [0.2, 0.25) is 0 Å². The Kier molecular flexibility index (Phi) is 7.22. The zero-order valence-electron chi connectivity index (χ0n) is 14.9. The molecule has 2 rings (SSSR count). The fraction of sp³-hybridized carbons (Fsp3) is 0.632. The zero-order chi connectivity index (χ0) is 17.4. The predicted molar refractivity (Wildman–Crippen MR) is 93.5 cm³/mol. The molecule has 1 aromatic heterocycles. The molecular weight excluding hydrogens is 302 g/mol. The van der Waals surface area contributed by atoms with Crippen molar-refractivity contribution in [3.63, 3.8) is 0 Å². The van der Waals surface area contributed by atoms with E-state index in [-0.39, 0.29) is 24.5 Å². The summed E-state index contributed by atoms with van der Waals surface area (Å²) < 4.78 is 1.80. The van der Waals surface area contributed by atoms with Gasteiger partial charge in [0.05, 0.1) is 0 Å². The van der Waals surface area contributed by atoms with Crippen molar-refractivity contribution < 1.29 is 14.2 Å². The third-order valence-corrected chi connectivity index (χ3v) is 4.89. The van der Waals surface area contributed by atoms with Crippen LogP contribution in [0.3, 0.4) is 0 Å². The topological polar surface area (TPSA) is 62.1 Å². The van der Waals surface area contributed by atoms with E-state index in [4.69, 9.17) is 0 Å². The van der Waals surface area contributed by atoms with E-state index in [1.54, 1.807) is 4.57 Å². The number of aromatic nitrogens is 1. The number of amides is 3. The molecule has 1 fully saturated rings. The first-order valence-electron chi connectivity index (χ1n) is 9.21. The van der Waals surface area contributed by atoms with Gasteiger partial charge in [-0.05, 0) is 37.2 Å². The minimum absolute atomic E-state index is 0.154. The second-order valence-electron chi connectivity index (χ2n) is 6.67. The Hall–Kier alpha value is -1.91. The van der Waals surface area contributed by atoms with Crippen LogP contribution in [0.1, 0.15) is 70.3 Å². The van der Waals surface area contributed by atoms with Crippen molar-refractivity contribution in [3.8, 4) is 0 Å². The van der Waals surface area contributed by atoms with E-state index in [2.05, 4.69) is 36.6 Å². The highest BCUT2D eigenvalue weighted by molar-refractivity contribution is 5.93. The van der Waals surface area contributed by atoms with Crippen LogP contribution >= 0.6 is 0 Å². The summed E-state index contributed by atoms with van der Waals surface area (Å²) in [5.74, 6) is 0.276. The van der Waals surface area contributed by atoms with E-state index in [1.165, 1.54) is 12.0 Å². The Morgan fingerprint density at radius 2 is 1.75 bits per heavy atom. The number of rotatable bonds is 6. The van der Waals surface area contributed by atoms with Crippen LogP contribution in [0.15, 0.2) is 24.5 Å². The second-order valence-corrected chi connectivity index (χ2v) is 6.67. The summed E-state index contributed by atoms with van der Waals surface area (Å²) in [4.78, 5) is 23.9. The first-order chi connectivity index (χ1) is 11.6. The van der Waals surface area contributed by atoms with Crippen molar-refractivity contribution in [3.05, 3.63) is 30.1 Å². The van der Waals surface area contributed by atoms with Crippen molar-refractivity contribution in [2.24, 2.45) is 0 Å². The van der Waals surface area contributed by atoms with Crippen molar-refractivity contribution in [1.82, 2.24) is 10.6 Å². The molecule has 1 aromatic rings. The first kappa shape index (κ1) is 18.4. The van der Waals surface area contributed by atoms with E-state index in [1.807, 2.05) is 12.4 Å². The molecule has 132 valence electrons. The van der Waals surface area contributed by atoms with Gasteiger partial charge in [0.1, 0.15) is 0 Å². The molecule has 5 nitrogen and oxygen atoms in total. The summed E-state index contributed by atoms with van der Waals surface area (Å²) in [5, 5.41) is 5.32. The second kappa shape index (κ2) is 9.40. The number of carbonyl (C=O) groups excluding carboxylic acids is 2. The lowest BCUT2D eigenvalue weighted by atomic mass is 9.95. The van der Waals surface area contributed by atoms with Crippen LogP contribution in [0.4, 0.5) is 4.79 Å². The van der Waals surface area contributed by atoms with Crippen LogP contribution in [0.5, 0.6) is 0 Å². The molecule has 1 heterocycles. The SMILES string of the molecule is CCC(CC)c1cc[n+](CC(=O)NC(=O)NC2CCCCC2)cc1. The molecule has 1 aliphatic rings.